The van der Waals surface area contributed by atoms with Crippen LogP contribution < -0.4 is 0 Å². The molecule has 0 spiro atoms. The number of carbonyl (C=O) groups is 1. The predicted octanol–water partition coefficient (Wildman–Crippen LogP) is 2.15. The Kier molecular flexibility index (Phi) is 3.12. The maximum Gasteiger partial charge on any atom is 0.136 e. The number of rotatable bonds is 1. The van der Waals surface area contributed by atoms with Crippen molar-refractivity contribution < 1.29 is 9.90 Å². The molecule has 1 fully saturated rings. The topological polar surface area (TPSA) is 37.3 Å². The van der Waals surface area contributed by atoms with Gasteiger partial charge in [0.15, 0.2) is 0 Å². The van der Waals surface area contributed by atoms with E-state index in [4.69, 9.17) is 0 Å². The van der Waals surface area contributed by atoms with E-state index in [9.17, 15) is 9.90 Å². The molecule has 1 saturated carbocycles. The van der Waals surface area contributed by atoms with Gasteiger partial charge in [0.05, 0.1) is 5.60 Å². The van der Waals surface area contributed by atoms with Crippen LogP contribution in [0.25, 0.3) is 0 Å². The second-order valence-corrected chi connectivity index (χ2v) is 4.85. The van der Waals surface area contributed by atoms with Crippen molar-refractivity contribution in [1.82, 2.24) is 0 Å². The first kappa shape index (κ1) is 10.7. The van der Waals surface area contributed by atoms with E-state index in [-0.39, 0.29) is 5.92 Å². The molecule has 1 rings (SSSR count). The summed E-state index contributed by atoms with van der Waals surface area (Å²) in [6.45, 7) is 6.01. The number of ketones is 1. The lowest BCUT2D eigenvalue weighted by Crippen LogP contribution is -2.22. The fourth-order valence-electron chi connectivity index (χ4n) is 2.04. The van der Waals surface area contributed by atoms with Gasteiger partial charge in [0.2, 0.25) is 0 Å². The third kappa shape index (κ3) is 2.80. The minimum Gasteiger partial charge on any atom is -0.390 e. The standard InChI is InChI=1S/C11H20O2/c1-8(2)9-4-6-11(3,13)7-5-10(9)12/h8-9,13H,4-7H2,1-3H3. The Morgan fingerprint density at radius 3 is 2.62 bits per heavy atom. The van der Waals surface area contributed by atoms with Gasteiger partial charge in [0, 0.05) is 12.3 Å². The predicted molar refractivity (Wildman–Crippen MR) is 52.4 cm³/mol. The van der Waals surface area contributed by atoms with E-state index < -0.39 is 5.60 Å². The number of hydrogen-bond donors (Lipinski definition) is 1. The quantitative estimate of drug-likeness (QED) is 0.634. The van der Waals surface area contributed by atoms with Gasteiger partial charge in [-0.1, -0.05) is 13.8 Å². The molecule has 0 saturated heterocycles. The molecule has 2 unspecified atom stereocenters. The highest BCUT2D eigenvalue weighted by Crippen LogP contribution is 2.31. The van der Waals surface area contributed by atoms with Crippen molar-refractivity contribution in [2.75, 3.05) is 0 Å². The normalized spacial score (nSPS) is 36.4. The highest BCUT2D eigenvalue weighted by atomic mass is 16.3. The first-order valence-corrected chi connectivity index (χ1v) is 5.17. The van der Waals surface area contributed by atoms with Crippen molar-refractivity contribution in [3.63, 3.8) is 0 Å². The maximum atomic E-state index is 11.6. The molecule has 0 aromatic rings. The molecule has 2 atom stereocenters. The first-order valence-electron chi connectivity index (χ1n) is 5.17. The van der Waals surface area contributed by atoms with Gasteiger partial charge in [-0.15, -0.1) is 0 Å². The van der Waals surface area contributed by atoms with E-state index in [1.807, 2.05) is 6.92 Å². The van der Waals surface area contributed by atoms with E-state index in [1.54, 1.807) is 0 Å². The SMILES string of the molecule is CC(C)C1CCC(C)(O)CCC1=O. The molecule has 0 aromatic carbocycles. The van der Waals surface area contributed by atoms with Gasteiger partial charge in [-0.2, -0.15) is 0 Å². The van der Waals surface area contributed by atoms with E-state index >= 15 is 0 Å². The lowest BCUT2D eigenvalue weighted by molar-refractivity contribution is -0.124. The van der Waals surface area contributed by atoms with Gasteiger partial charge in [-0.05, 0) is 32.1 Å². The molecular weight excluding hydrogens is 164 g/mol. The Morgan fingerprint density at radius 1 is 1.46 bits per heavy atom. The number of hydrogen-bond acceptors (Lipinski definition) is 2. The van der Waals surface area contributed by atoms with E-state index in [1.165, 1.54) is 0 Å². The average Bonchev–Trinajstić information content (AvgIpc) is 2.11. The molecule has 0 bridgehead atoms. The van der Waals surface area contributed by atoms with Crippen LogP contribution in [0.3, 0.4) is 0 Å². The summed E-state index contributed by atoms with van der Waals surface area (Å²) in [6, 6.07) is 0. The number of Topliss-reactive ketones (excluding diaryl/α,β-unsaturated/α-hetero) is 1. The molecule has 1 aliphatic carbocycles. The summed E-state index contributed by atoms with van der Waals surface area (Å²) < 4.78 is 0. The third-order valence-corrected chi connectivity index (χ3v) is 3.12. The Morgan fingerprint density at radius 2 is 2.08 bits per heavy atom. The van der Waals surface area contributed by atoms with Crippen LogP contribution in [0.2, 0.25) is 0 Å². The van der Waals surface area contributed by atoms with Gasteiger partial charge >= 0.3 is 0 Å². The van der Waals surface area contributed by atoms with E-state index in [0.717, 1.165) is 12.8 Å². The van der Waals surface area contributed by atoms with Crippen LogP contribution in [0.15, 0.2) is 0 Å². The van der Waals surface area contributed by atoms with Crippen LogP contribution in [0, 0.1) is 11.8 Å². The summed E-state index contributed by atoms with van der Waals surface area (Å²) >= 11 is 0. The van der Waals surface area contributed by atoms with Crippen LogP contribution in [0.5, 0.6) is 0 Å². The van der Waals surface area contributed by atoms with Crippen molar-refractivity contribution >= 4 is 5.78 Å². The maximum absolute atomic E-state index is 11.6. The highest BCUT2D eigenvalue weighted by molar-refractivity contribution is 5.81. The highest BCUT2D eigenvalue weighted by Gasteiger charge is 2.32. The molecule has 0 amide bonds. The number of carbonyl (C=O) groups excluding carboxylic acids is 1. The largest absolute Gasteiger partial charge is 0.390 e. The molecule has 13 heavy (non-hydrogen) atoms. The lowest BCUT2D eigenvalue weighted by atomic mass is 9.87. The summed E-state index contributed by atoms with van der Waals surface area (Å²) in [4.78, 5) is 11.6. The van der Waals surface area contributed by atoms with Gasteiger partial charge < -0.3 is 5.11 Å². The molecular formula is C11H20O2. The average molecular weight is 184 g/mol. The van der Waals surface area contributed by atoms with Crippen molar-refractivity contribution in [3.05, 3.63) is 0 Å². The first-order chi connectivity index (χ1) is 5.92. The Bertz CT molecular complexity index is 194. The van der Waals surface area contributed by atoms with Crippen LogP contribution in [-0.4, -0.2) is 16.5 Å². The van der Waals surface area contributed by atoms with Crippen molar-refractivity contribution in [2.24, 2.45) is 11.8 Å². The van der Waals surface area contributed by atoms with Crippen molar-refractivity contribution in [1.29, 1.82) is 0 Å². The van der Waals surface area contributed by atoms with Crippen LogP contribution in [0.1, 0.15) is 46.5 Å². The molecule has 1 N–H and O–H groups in total. The Hall–Kier alpha value is -0.370. The number of aliphatic hydroxyl groups is 1. The van der Waals surface area contributed by atoms with Gasteiger partial charge in [0.25, 0.3) is 0 Å². The zero-order valence-corrected chi connectivity index (χ0v) is 8.84. The minimum absolute atomic E-state index is 0.175. The second-order valence-electron chi connectivity index (χ2n) is 4.85. The Balaban J connectivity index is 2.65. The fourth-order valence-corrected chi connectivity index (χ4v) is 2.04. The molecule has 0 aromatic heterocycles. The fraction of sp³-hybridized carbons (Fsp3) is 0.909. The van der Waals surface area contributed by atoms with Gasteiger partial charge in [-0.25, -0.2) is 0 Å². The molecule has 0 heterocycles. The molecule has 2 nitrogen and oxygen atoms in total. The zero-order chi connectivity index (χ0) is 10.1. The summed E-state index contributed by atoms with van der Waals surface area (Å²) in [5.41, 5.74) is -0.612. The van der Waals surface area contributed by atoms with Crippen LogP contribution >= 0.6 is 0 Å². The summed E-state index contributed by atoms with van der Waals surface area (Å²) in [5, 5.41) is 9.82. The monoisotopic (exact) mass is 184 g/mol. The van der Waals surface area contributed by atoms with Crippen LogP contribution in [0.4, 0.5) is 0 Å². The molecule has 0 radical (unpaired) electrons. The summed E-state index contributed by atoms with van der Waals surface area (Å²) in [6.07, 6.45) is 2.80. The van der Waals surface area contributed by atoms with Crippen molar-refractivity contribution in [3.8, 4) is 0 Å². The second kappa shape index (κ2) is 3.79. The Labute approximate surface area is 80.3 Å². The van der Waals surface area contributed by atoms with E-state index in [0.29, 0.717) is 24.5 Å². The molecule has 0 aliphatic heterocycles. The molecule has 1 aliphatic rings. The third-order valence-electron chi connectivity index (χ3n) is 3.12. The zero-order valence-electron chi connectivity index (χ0n) is 8.84. The van der Waals surface area contributed by atoms with E-state index in [2.05, 4.69) is 13.8 Å². The van der Waals surface area contributed by atoms with Crippen LogP contribution in [-0.2, 0) is 4.79 Å². The summed E-state index contributed by atoms with van der Waals surface area (Å²) in [5.74, 6) is 0.933. The molecule has 2 heteroatoms. The summed E-state index contributed by atoms with van der Waals surface area (Å²) in [7, 11) is 0. The molecule has 76 valence electrons. The smallest absolute Gasteiger partial charge is 0.136 e. The van der Waals surface area contributed by atoms with Gasteiger partial charge in [-0.3, -0.25) is 4.79 Å². The van der Waals surface area contributed by atoms with Gasteiger partial charge in [0.1, 0.15) is 5.78 Å². The lowest BCUT2D eigenvalue weighted by Gasteiger charge is -2.20. The minimum atomic E-state index is -0.612. The van der Waals surface area contributed by atoms with Crippen molar-refractivity contribution in [2.45, 2.75) is 52.1 Å².